The van der Waals surface area contributed by atoms with Crippen LogP contribution < -0.4 is 0 Å². The van der Waals surface area contributed by atoms with Crippen LogP contribution in [0.2, 0.25) is 0 Å². The minimum absolute atomic E-state index is 0. The maximum Gasteiger partial charge on any atom is 0.303 e. The van der Waals surface area contributed by atoms with Crippen LogP contribution in [0.4, 0.5) is 0 Å². The van der Waals surface area contributed by atoms with Gasteiger partial charge in [0.25, 0.3) is 0 Å². The topological polar surface area (TPSA) is 74.6 Å². The number of rotatable bonds is 5. The van der Waals surface area contributed by atoms with Crippen molar-refractivity contribution in [2.75, 3.05) is 0 Å². The Kier molecular flexibility index (Phi) is 8.32. The molecule has 0 bridgehead atoms. The van der Waals surface area contributed by atoms with Gasteiger partial charge in [0.05, 0.1) is 0 Å². The maximum absolute atomic E-state index is 10.1. The molecule has 0 aromatic rings. The second-order valence-corrected chi connectivity index (χ2v) is 2.64. The molecule has 12 heavy (non-hydrogen) atoms. The molecule has 0 heterocycles. The van der Waals surface area contributed by atoms with Gasteiger partial charge in [-0.1, -0.05) is 6.92 Å². The van der Waals surface area contributed by atoms with Gasteiger partial charge in [-0.25, -0.2) is 0 Å². The van der Waals surface area contributed by atoms with Crippen LogP contribution in [0.5, 0.6) is 0 Å². The second kappa shape index (κ2) is 7.13. The second-order valence-electron chi connectivity index (χ2n) is 2.64. The smallest absolute Gasteiger partial charge is 0.303 e. The van der Waals surface area contributed by atoms with Crippen molar-refractivity contribution in [3.63, 3.8) is 0 Å². The summed E-state index contributed by atoms with van der Waals surface area (Å²) < 4.78 is 0. The molecule has 2 N–H and O–H groups in total. The molecular formula is C7H12CuO4. The van der Waals surface area contributed by atoms with Crippen molar-refractivity contribution in [3.8, 4) is 0 Å². The molecule has 0 aromatic carbocycles. The van der Waals surface area contributed by atoms with Crippen LogP contribution in [-0.2, 0) is 26.7 Å². The van der Waals surface area contributed by atoms with E-state index in [1.165, 1.54) is 0 Å². The fourth-order valence-corrected chi connectivity index (χ4v) is 0.770. The Balaban J connectivity index is 0. The largest absolute Gasteiger partial charge is 0.481 e. The van der Waals surface area contributed by atoms with Gasteiger partial charge in [0.1, 0.15) is 0 Å². The zero-order valence-corrected chi connectivity index (χ0v) is 7.65. The van der Waals surface area contributed by atoms with Gasteiger partial charge in [0.15, 0.2) is 0 Å². The minimum atomic E-state index is -0.873. The molecule has 0 saturated carbocycles. The summed E-state index contributed by atoms with van der Waals surface area (Å²) in [6.45, 7) is 1.73. The Morgan fingerprint density at radius 2 is 1.75 bits per heavy atom. The molecule has 5 heteroatoms. The SMILES string of the molecule is CC(CCC(=O)O)CC(=O)O.[Cu]. The Labute approximate surface area is 81.4 Å². The average Bonchev–Trinajstić information content (AvgIpc) is 1.82. The predicted octanol–water partition coefficient (Wildman–Crippen LogP) is 0.960. The molecule has 0 saturated heterocycles. The molecule has 4 nitrogen and oxygen atoms in total. The van der Waals surface area contributed by atoms with Gasteiger partial charge in [-0.15, -0.1) is 0 Å². The first-order chi connectivity index (χ1) is 5.02. The molecule has 0 aliphatic heterocycles. The summed E-state index contributed by atoms with van der Waals surface area (Å²) in [6, 6.07) is 0. The van der Waals surface area contributed by atoms with E-state index in [0.29, 0.717) is 6.42 Å². The number of carbonyl (C=O) groups is 2. The summed E-state index contributed by atoms with van der Waals surface area (Å²) in [5.41, 5.74) is 0. The zero-order chi connectivity index (χ0) is 8.85. The first kappa shape index (κ1) is 14.0. The van der Waals surface area contributed by atoms with E-state index in [4.69, 9.17) is 10.2 Å². The van der Waals surface area contributed by atoms with Crippen LogP contribution in [0.1, 0.15) is 26.2 Å². The third-order valence-corrected chi connectivity index (χ3v) is 1.37. The summed E-state index contributed by atoms with van der Waals surface area (Å²) in [6.07, 6.45) is 0.531. The number of carboxylic acid groups (broad SMARTS) is 2. The van der Waals surface area contributed by atoms with Crippen LogP contribution in [0, 0.1) is 5.92 Å². The summed E-state index contributed by atoms with van der Waals surface area (Å²) in [4.78, 5) is 20.1. The Morgan fingerprint density at radius 3 is 2.08 bits per heavy atom. The number of aliphatic carboxylic acids is 2. The van der Waals surface area contributed by atoms with Gasteiger partial charge in [-0.05, 0) is 12.3 Å². The summed E-state index contributed by atoms with van der Waals surface area (Å²) >= 11 is 0. The molecule has 1 unspecified atom stereocenters. The first-order valence-corrected chi connectivity index (χ1v) is 3.46. The number of hydrogen-bond donors (Lipinski definition) is 2. The molecule has 0 fully saturated rings. The number of hydrogen-bond acceptors (Lipinski definition) is 2. The van der Waals surface area contributed by atoms with E-state index >= 15 is 0 Å². The monoisotopic (exact) mass is 223 g/mol. The summed E-state index contributed by atoms with van der Waals surface area (Å²) in [5.74, 6) is -1.80. The van der Waals surface area contributed by atoms with Gasteiger partial charge in [-0.3, -0.25) is 9.59 Å². The molecular weight excluding hydrogens is 212 g/mol. The maximum atomic E-state index is 10.1. The van der Waals surface area contributed by atoms with E-state index < -0.39 is 11.9 Å². The number of carboxylic acids is 2. The Hall–Kier alpha value is -0.541. The zero-order valence-electron chi connectivity index (χ0n) is 6.71. The molecule has 1 radical (unpaired) electrons. The molecule has 0 rings (SSSR count). The normalized spacial score (nSPS) is 11.4. The molecule has 75 valence electrons. The van der Waals surface area contributed by atoms with Crippen LogP contribution in [-0.4, -0.2) is 22.2 Å². The molecule has 0 spiro atoms. The third kappa shape index (κ3) is 9.46. The van der Waals surface area contributed by atoms with Crippen molar-refractivity contribution in [2.45, 2.75) is 26.2 Å². The minimum Gasteiger partial charge on any atom is -0.481 e. The van der Waals surface area contributed by atoms with Crippen molar-refractivity contribution in [1.82, 2.24) is 0 Å². The van der Waals surface area contributed by atoms with Crippen molar-refractivity contribution >= 4 is 11.9 Å². The van der Waals surface area contributed by atoms with Gasteiger partial charge in [-0.2, -0.15) is 0 Å². The van der Waals surface area contributed by atoms with Crippen LogP contribution in [0.3, 0.4) is 0 Å². The van der Waals surface area contributed by atoms with Crippen LogP contribution in [0.15, 0.2) is 0 Å². The van der Waals surface area contributed by atoms with E-state index in [1.54, 1.807) is 6.92 Å². The fraction of sp³-hybridized carbons (Fsp3) is 0.714. The average molecular weight is 224 g/mol. The van der Waals surface area contributed by atoms with Crippen molar-refractivity contribution in [1.29, 1.82) is 0 Å². The summed E-state index contributed by atoms with van der Waals surface area (Å²) in [5, 5.41) is 16.6. The quantitative estimate of drug-likeness (QED) is 0.681. The first-order valence-electron chi connectivity index (χ1n) is 3.46. The van der Waals surface area contributed by atoms with Crippen molar-refractivity contribution in [3.05, 3.63) is 0 Å². The van der Waals surface area contributed by atoms with E-state index in [9.17, 15) is 9.59 Å². The Bertz CT molecular complexity index is 157. The van der Waals surface area contributed by atoms with E-state index in [-0.39, 0.29) is 35.8 Å². The van der Waals surface area contributed by atoms with Gasteiger partial charge in [0.2, 0.25) is 0 Å². The third-order valence-electron chi connectivity index (χ3n) is 1.37. The van der Waals surface area contributed by atoms with E-state index in [1.807, 2.05) is 0 Å². The molecule has 0 aromatic heterocycles. The molecule has 1 atom stereocenters. The van der Waals surface area contributed by atoms with Gasteiger partial charge >= 0.3 is 11.9 Å². The van der Waals surface area contributed by atoms with Crippen LogP contribution >= 0.6 is 0 Å². The standard InChI is InChI=1S/C7H12O4.Cu/c1-5(4-7(10)11)2-3-6(8)9;/h5H,2-4H2,1H3,(H,8,9)(H,10,11);. The Morgan fingerprint density at radius 1 is 1.25 bits per heavy atom. The summed E-state index contributed by atoms with van der Waals surface area (Å²) in [7, 11) is 0. The van der Waals surface area contributed by atoms with E-state index in [2.05, 4.69) is 0 Å². The molecule has 0 aliphatic carbocycles. The predicted molar refractivity (Wildman–Crippen MR) is 38.3 cm³/mol. The molecule has 0 amide bonds. The van der Waals surface area contributed by atoms with Gasteiger partial charge in [0, 0.05) is 29.9 Å². The molecule has 0 aliphatic rings. The fourth-order valence-electron chi connectivity index (χ4n) is 0.770. The van der Waals surface area contributed by atoms with Gasteiger partial charge < -0.3 is 10.2 Å². The van der Waals surface area contributed by atoms with Crippen LogP contribution in [0.25, 0.3) is 0 Å². The van der Waals surface area contributed by atoms with E-state index in [0.717, 1.165) is 0 Å². The van der Waals surface area contributed by atoms with Crippen molar-refractivity contribution < 1.29 is 36.9 Å². The van der Waals surface area contributed by atoms with Crippen molar-refractivity contribution in [2.24, 2.45) is 5.92 Å².